The average molecular weight is 520 g/mol. The van der Waals surface area contributed by atoms with Crippen molar-refractivity contribution in [3.8, 4) is 0 Å². The summed E-state index contributed by atoms with van der Waals surface area (Å²) >= 11 is 0. The van der Waals surface area contributed by atoms with Crippen molar-refractivity contribution in [3.05, 3.63) is 131 Å². The molecule has 1 saturated heterocycles. The zero-order chi connectivity index (χ0) is 27.2. The Hall–Kier alpha value is -4.91. The Morgan fingerprint density at radius 2 is 1.41 bits per heavy atom. The first kappa shape index (κ1) is 25.7. The summed E-state index contributed by atoms with van der Waals surface area (Å²) in [6.07, 6.45) is -1.12. The van der Waals surface area contributed by atoms with Crippen LogP contribution in [-0.2, 0) is 27.3 Å². The van der Waals surface area contributed by atoms with Crippen LogP contribution in [0.25, 0.3) is 0 Å². The summed E-state index contributed by atoms with van der Waals surface area (Å²) in [4.78, 5) is 40.6. The predicted molar refractivity (Wildman–Crippen MR) is 150 cm³/mol. The lowest BCUT2D eigenvalue weighted by atomic mass is 10.00. The molecule has 2 atom stereocenters. The summed E-state index contributed by atoms with van der Waals surface area (Å²) in [5, 5.41) is 5.82. The molecule has 4 aromatic rings. The zero-order valence-electron chi connectivity index (χ0n) is 21.5. The van der Waals surface area contributed by atoms with Gasteiger partial charge in [-0.2, -0.15) is 0 Å². The van der Waals surface area contributed by atoms with Crippen molar-refractivity contribution in [1.82, 2.24) is 4.90 Å². The van der Waals surface area contributed by atoms with E-state index < -0.39 is 18.2 Å². The fourth-order valence-corrected chi connectivity index (χ4v) is 4.70. The van der Waals surface area contributed by atoms with Gasteiger partial charge in [0.1, 0.15) is 0 Å². The van der Waals surface area contributed by atoms with Gasteiger partial charge >= 0.3 is 6.09 Å². The van der Waals surface area contributed by atoms with Gasteiger partial charge in [0, 0.05) is 11.4 Å². The van der Waals surface area contributed by atoms with Gasteiger partial charge < -0.3 is 15.4 Å². The summed E-state index contributed by atoms with van der Waals surface area (Å²) in [5.74, 6) is -0.476. The van der Waals surface area contributed by atoms with E-state index in [2.05, 4.69) is 10.6 Å². The van der Waals surface area contributed by atoms with Crippen LogP contribution in [0.5, 0.6) is 0 Å². The quantitative estimate of drug-likeness (QED) is 0.304. The maximum atomic E-state index is 13.6. The number of para-hydroxylation sites is 1. The van der Waals surface area contributed by atoms with Crippen molar-refractivity contribution in [2.45, 2.75) is 32.0 Å². The second-order valence-electron chi connectivity index (χ2n) is 9.55. The molecule has 2 N–H and O–H groups in total. The Morgan fingerprint density at radius 3 is 2.10 bits per heavy atom. The normalized spacial score (nSPS) is 16.4. The number of hydrogen-bond donors (Lipinski definition) is 2. The molecule has 1 heterocycles. The standard InChI is InChI=1S/C32H29N3O4/c1-22-9-8-12-24(19-22)21-35-29(31(37)34-26-13-6-3-7-14-26)30(39-32(35)38)25-15-17-27(18-16-25)33-28(36)20-23-10-4-2-5-11-23/h2-19,29-30H,20-21H2,1H3,(H,33,36)(H,34,37)/t29-,30+/m0/s1. The number of anilines is 2. The van der Waals surface area contributed by atoms with E-state index in [4.69, 9.17) is 4.74 Å². The van der Waals surface area contributed by atoms with E-state index in [1.165, 1.54) is 4.90 Å². The van der Waals surface area contributed by atoms with Crippen LogP contribution >= 0.6 is 0 Å². The molecule has 0 aliphatic carbocycles. The monoisotopic (exact) mass is 519 g/mol. The molecule has 3 amide bonds. The first-order valence-electron chi connectivity index (χ1n) is 12.8. The summed E-state index contributed by atoms with van der Waals surface area (Å²) in [6, 6.07) is 32.6. The van der Waals surface area contributed by atoms with Crippen LogP contribution in [0.3, 0.4) is 0 Å². The van der Waals surface area contributed by atoms with E-state index >= 15 is 0 Å². The molecule has 196 valence electrons. The van der Waals surface area contributed by atoms with Gasteiger partial charge in [-0.3, -0.25) is 14.5 Å². The summed E-state index contributed by atoms with van der Waals surface area (Å²) in [7, 11) is 0. The highest BCUT2D eigenvalue weighted by Gasteiger charge is 2.47. The number of ether oxygens (including phenoxy) is 1. The molecule has 0 spiro atoms. The van der Waals surface area contributed by atoms with Gasteiger partial charge in [0.2, 0.25) is 5.91 Å². The number of carbonyl (C=O) groups excluding carboxylic acids is 3. The summed E-state index contributed by atoms with van der Waals surface area (Å²) in [5.41, 5.74) is 4.79. The summed E-state index contributed by atoms with van der Waals surface area (Å²) < 4.78 is 5.77. The molecular formula is C32H29N3O4. The Kier molecular flexibility index (Phi) is 7.68. The van der Waals surface area contributed by atoms with Crippen molar-refractivity contribution in [2.24, 2.45) is 0 Å². The maximum Gasteiger partial charge on any atom is 0.411 e. The Balaban J connectivity index is 1.36. The third kappa shape index (κ3) is 6.33. The lowest BCUT2D eigenvalue weighted by Gasteiger charge is -2.24. The number of hydrogen-bond acceptors (Lipinski definition) is 4. The number of aryl methyl sites for hydroxylation is 1. The number of carbonyl (C=O) groups is 3. The van der Waals surface area contributed by atoms with E-state index in [1.807, 2.05) is 79.7 Å². The largest absolute Gasteiger partial charge is 0.438 e. The third-order valence-corrected chi connectivity index (χ3v) is 6.56. The lowest BCUT2D eigenvalue weighted by Crippen LogP contribution is -2.43. The van der Waals surface area contributed by atoms with Crippen LogP contribution in [-0.4, -0.2) is 28.8 Å². The minimum Gasteiger partial charge on any atom is -0.438 e. The third-order valence-electron chi connectivity index (χ3n) is 6.56. The van der Waals surface area contributed by atoms with Crippen molar-refractivity contribution >= 4 is 29.3 Å². The SMILES string of the molecule is Cc1cccc(CN2C(=O)O[C@H](c3ccc(NC(=O)Cc4ccccc4)cc3)[C@H]2C(=O)Nc2ccccc2)c1. The smallest absolute Gasteiger partial charge is 0.411 e. The van der Waals surface area contributed by atoms with Crippen LogP contribution in [0.1, 0.15) is 28.4 Å². The van der Waals surface area contributed by atoms with Gasteiger partial charge in [-0.05, 0) is 47.9 Å². The topological polar surface area (TPSA) is 87.7 Å². The average Bonchev–Trinajstić information content (AvgIpc) is 3.26. The number of amides is 3. The van der Waals surface area contributed by atoms with Crippen LogP contribution in [0, 0.1) is 6.92 Å². The highest BCUT2D eigenvalue weighted by Crippen LogP contribution is 2.35. The van der Waals surface area contributed by atoms with E-state index in [1.54, 1.807) is 36.4 Å². The van der Waals surface area contributed by atoms with Crippen molar-refractivity contribution < 1.29 is 19.1 Å². The molecule has 5 rings (SSSR count). The molecule has 1 aliphatic rings. The fraction of sp³-hybridized carbons (Fsp3) is 0.156. The highest BCUT2D eigenvalue weighted by molar-refractivity contribution is 5.98. The molecule has 7 heteroatoms. The van der Waals surface area contributed by atoms with Gasteiger partial charge in [0.15, 0.2) is 12.1 Å². The second kappa shape index (κ2) is 11.6. The molecule has 0 bridgehead atoms. The van der Waals surface area contributed by atoms with E-state index in [0.717, 1.165) is 16.7 Å². The number of rotatable bonds is 8. The molecular weight excluding hydrogens is 490 g/mol. The minimum absolute atomic E-state index is 0.134. The Morgan fingerprint density at radius 1 is 0.769 bits per heavy atom. The number of nitrogens with one attached hydrogen (secondary N) is 2. The predicted octanol–water partition coefficient (Wildman–Crippen LogP) is 5.88. The van der Waals surface area contributed by atoms with Gasteiger partial charge in [-0.15, -0.1) is 0 Å². The molecule has 4 aromatic carbocycles. The first-order chi connectivity index (χ1) is 19.0. The minimum atomic E-state index is -0.892. The highest BCUT2D eigenvalue weighted by atomic mass is 16.6. The molecule has 39 heavy (non-hydrogen) atoms. The molecule has 1 fully saturated rings. The number of benzene rings is 4. The number of cyclic esters (lactones) is 1. The zero-order valence-corrected chi connectivity index (χ0v) is 21.5. The maximum absolute atomic E-state index is 13.6. The Bertz CT molecular complexity index is 1460. The van der Waals surface area contributed by atoms with Gasteiger partial charge in [-0.25, -0.2) is 4.79 Å². The first-order valence-corrected chi connectivity index (χ1v) is 12.8. The van der Waals surface area contributed by atoms with Crippen LogP contribution in [0.15, 0.2) is 109 Å². The molecule has 7 nitrogen and oxygen atoms in total. The Labute approximate surface area is 227 Å². The summed E-state index contributed by atoms with van der Waals surface area (Å²) in [6.45, 7) is 2.21. The second-order valence-corrected chi connectivity index (χ2v) is 9.55. The van der Waals surface area contributed by atoms with Crippen molar-refractivity contribution in [2.75, 3.05) is 10.6 Å². The van der Waals surface area contributed by atoms with Crippen molar-refractivity contribution in [3.63, 3.8) is 0 Å². The van der Waals surface area contributed by atoms with Crippen LogP contribution in [0.2, 0.25) is 0 Å². The lowest BCUT2D eigenvalue weighted by molar-refractivity contribution is -0.121. The van der Waals surface area contributed by atoms with Crippen LogP contribution in [0.4, 0.5) is 16.2 Å². The van der Waals surface area contributed by atoms with Crippen molar-refractivity contribution in [1.29, 1.82) is 0 Å². The van der Waals surface area contributed by atoms with E-state index in [0.29, 0.717) is 16.9 Å². The van der Waals surface area contributed by atoms with Crippen LogP contribution < -0.4 is 10.6 Å². The van der Waals surface area contributed by atoms with E-state index in [-0.39, 0.29) is 24.8 Å². The number of nitrogens with zero attached hydrogens (tertiary/aromatic N) is 1. The van der Waals surface area contributed by atoms with Gasteiger partial charge in [0.05, 0.1) is 13.0 Å². The molecule has 0 radical (unpaired) electrons. The molecule has 0 unspecified atom stereocenters. The van der Waals surface area contributed by atoms with Gasteiger partial charge in [-0.1, -0.05) is 90.5 Å². The molecule has 0 aromatic heterocycles. The molecule has 0 saturated carbocycles. The van der Waals surface area contributed by atoms with Gasteiger partial charge in [0.25, 0.3) is 5.91 Å². The molecule has 1 aliphatic heterocycles. The van der Waals surface area contributed by atoms with E-state index in [9.17, 15) is 14.4 Å². The fourth-order valence-electron chi connectivity index (χ4n) is 4.70.